The molecule has 16 aromatic rings. The number of esters is 3. The van der Waals surface area contributed by atoms with E-state index in [0.717, 1.165) is 68.1 Å². The summed E-state index contributed by atoms with van der Waals surface area (Å²) in [7, 11) is 0. The first-order valence-corrected chi connectivity index (χ1v) is 47.2. The summed E-state index contributed by atoms with van der Waals surface area (Å²) >= 11 is 0. The van der Waals surface area contributed by atoms with E-state index < -0.39 is 17.9 Å². The topological polar surface area (TPSA) is 78.9 Å². The molecule has 16 rings (SSSR count). The van der Waals surface area contributed by atoms with E-state index in [4.69, 9.17) is 14.2 Å². The predicted octanol–water partition coefficient (Wildman–Crippen LogP) is 30.7. The Labute approximate surface area is 798 Å². The quantitative estimate of drug-likeness (QED) is 0.0264. The van der Waals surface area contributed by atoms with Gasteiger partial charge in [-0.15, -0.1) is 0 Å². The molecular formula is C128H130O6. The number of aryl methyl sites for hydroxylation is 18. The lowest BCUT2D eigenvalue weighted by atomic mass is 9.66. The summed E-state index contributed by atoms with van der Waals surface area (Å²) in [6.45, 7) is 31.8. The van der Waals surface area contributed by atoms with Crippen molar-refractivity contribution in [3.8, 4) is 0 Å². The van der Waals surface area contributed by atoms with Crippen LogP contribution in [0.1, 0.15) is 217 Å². The minimum Gasteiger partial charge on any atom is -0.457 e. The van der Waals surface area contributed by atoms with Gasteiger partial charge >= 0.3 is 17.9 Å². The van der Waals surface area contributed by atoms with Gasteiger partial charge in [0.25, 0.3) is 0 Å². The van der Waals surface area contributed by atoms with Crippen LogP contribution in [0.3, 0.4) is 0 Å². The fourth-order valence-corrected chi connectivity index (χ4v) is 17.7. The largest absolute Gasteiger partial charge is 0.457 e. The molecule has 0 radical (unpaired) electrons. The fourth-order valence-electron chi connectivity index (χ4n) is 17.7. The molecule has 0 spiro atoms. The van der Waals surface area contributed by atoms with Crippen LogP contribution in [0.25, 0.3) is 0 Å². The Morgan fingerprint density at radius 3 is 0.552 bits per heavy atom. The first kappa shape index (κ1) is 97.5. The molecule has 0 saturated carbocycles. The SMILES string of the molecule is Cc1ccc(C(=O)OCc2cc(COC(=O)c3ccc(C)cc3)cc(COC(=O)c3ccc(C)cc3)c2)cc1.Cc1ccc(CC(Cc2ccc(C)cc2)(c2ccc(C)cc2)c2ccc(C)cc2)cc1.Cc1ccc(CCC(CCc2ccc(C)cc2)(c2ccc(C)cc2)c2ccc(C)cc2)cc1.Cc1ccc(CCC(c2ccc(C)cc2)(c2ccc(C)cc2)c2ccc(C)cc2)cc1. The highest BCUT2D eigenvalue weighted by molar-refractivity contribution is 5.90. The van der Waals surface area contributed by atoms with E-state index in [9.17, 15) is 14.4 Å². The van der Waals surface area contributed by atoms with Crippen LogP contribution in [0.5, 0.6) is 0 Å². The highest BCUT2D eigenvalue weighted by Gasteiger charge is 2.39. The second-order valence-corrected chi connectivity index (χ2v) is 37.4. The zero-order valence-corrected chi connectivity index (χ0v) is 81.1. The molecule has 16 aromatic carbocycles. The third-order valence-corrected chi connectivity index (χ3v) is 26.2. The first-order chi connectivity index (χ1) is 64.6. The van der Waals surface area contributed by atoms with Gasteiger partial charge in [0.2, 0.25) is 0 Å². The van der Waals surface area contributed by atoms with E-state index in [1.807, 2.05) is 57.2 Å². The van der Waals surface area contributed by atoms with Gasteiger partial charge in [-0.1, -0.05) is 411 Å². The number of carbonyl (C=O) groups excluding carboxylic acids is 3. The molecule has 0 aromatic heterocycles. The summed E-state index contributed by atoms with van der Waals surface area (Å²) < 4.78 is 16.6. The van der Waals surface area contributed by atoms with Gasteiger partial charge < -0.3 is 14.2 Å². The Bertz CT molecular complexity index is 5940. The van der Waals surface area contributed by atoms with Gasteiger partial charge in [-0.3, -0.25) is 0 Å². The third kappa shape index (κ3) is 26.9. The molecule has 678 valence electrons. The molecule has 134 heavy (non-hydrogen) atoms. The van der Waals surface area contributed by atoms with Crippen molar-refractivity contribution >= 4 is 17.9 Å². The Hall–Kier alpha value is -14.1. The molecule has 6 heteroatoms. The molecule has 0 aliphatic rings. The third-order valence-electron chi connectivity index (χ3n) is 26.2. The lowest BCUT2D eigenvalue weighted by Gasteiger charge is -2.36. The summed E-state index contributed by atoms with van der Waals surface area (Å²) in [6, 6.07) is 136. The summed E-state index contributed by atoms with van der Waals surface area (Å²) in [5.41, 5.74) is 38.5. The number of carbonyl (C=O) groups is 3. The normalized spacial score (nSPS) is 11.2. The highest BCUT2D eigenvalue weighted by atomic mass is 16.5. The van der Waals surface area contributed by atoms with Crippen molar-refractivity contribution in [3.05, 3.63) is 566 Å². The number of hydrogen-bond acceptors (Lipinski definition) is 6. The minimum absolute atomic E-state index is 0.00532. The van der Waals surface area contributed by atoms with Crippen molar-refractivity contribution in [1.82, 2.24) is 0 Å². The average molecular weight is 1760 g/mol. The molecule has 0 saturated heterocycles. The van der Waals surface area contributed by atoms with Crippen molar-refractivity contribution in [3.63, 3.8) is 0 Å². The van der Waals surface area contributed by atoms with Gasteiger partial charge in [0.1, 0.15) is 19.8 Å². The molecule has 0 aliphatic heterocycles. The molecule has 6 nitrogen and oxygen atoms in total. The lowest BCUT2D eigenvalue weighted by Crippen LogP contribution is -2.33. The molecule has 0 aliphatic carbocycles. The Morgan fingerprint density at radius 1 is 0.179 bits per heavy atom. The summed E-state index contributed by atoms with van der Waals surface area (Å²) in [4.78, 5) is 37.6. The van der Waals surface area contributed by atoms with Gasteiger partial charge in [0, 0.05) is 16.2 Å². The maximum absolute atomic E-state index is 12.5. The van der Waals surface area contributed by atoms with Crippen LogP contribution < -0.4 is 0 Å². The Balaban J connectivity index is 0.000000152. The Kier molecular flexibility index (Phi) is 33.7. The number of benzene rings is 16. The van der Waals surface area contributed by atoms with E-state index in [1.54, 1.807) is 54.6 Å². The molecule has 0 bridgehead atoms. The predicted molar refractivity (Wildman–Crippen MR) is 555 cm³/mol. The van der Waals surface area contributed by atoms with Crippen molar-refractivity contribution in [1.29, 1.82) is 0 Å². The van der Waals surface area contributed by atoms with E-state index in [-0.39, 0.29) is 36.1 Å². The van der Waals surface area contributed by atoms with Gasteiger partial charge in [0.05, 0.1) is 16.7 Å². The number of hydrogen-bond donors (Lipinski definition) is 0. The highest BCUT2D eigenvalue weighted by Crippen LogP contribution is 2.46. The lowest BCUT2D eigenvalue weighted by molar-refractivity contribution is 0.0471. The second kappa shape index (κ2) is 46.3. The molecule has 0 amide bonds. The summed E-state index contributed by atoms with van der Waals surface area (Å²) in [5, 5.41) is 0. The first-order valence-electron chi connectivity index (χ1n) is 47.2. The molecule has 0 heterocycles. The Morgan fingerprint density at radius 2 is 0.343 bits per heavy atom. The summed E-state index contributed by atoms with van der Waals surface area (Å²) in [5.74, 6) is -1.34. The van der Waals surface area contributed by atoms with Crippen molar-refractivity contribution in [2.75, 3.05) is 0 Å². The molecular weight excluding hydrogens is 1630 g/mol. The van der Waals surface area contributed by atoms with Crippen molar-refractivity contribution in [2.45, 2.75) is 191 Å². The average Bonchev–Trinajstić information content (AvgIpc) is 0.739. The molecule has 0 unspecified atom stereocenters. The maximum atomic E-state index is 12.5. The number of ether oxygens (including phenoxy) is 3. The second-order valence-electron chi connectivity index (χ2n) is 37.4. The van der Waals surface area contributed by atoms with Crippen LogP contribution in [-0.2, 0) is 82.4 Å². The monoisotopic (exact) mass is 1760 g/mol. The summed E-state index contributed by atoms with van der Waals surface area (Å²) in [6.07, 6.45) is 8.29. The standard InChI is InChI=1S/C33H30O6.C33H36.2C31H32/c1-22-4-10-28(11-5-22)31(34)37-19-25-16-26(20-38-32(35)29-12-6-23(2)7-13-29)18-27(17-25)21-39-33(36)30-14-8-24(3)9-15-30;1-25-5-13-29(14-6-25)21-23-33(31-17-9-27(3)10-18-31,32-19-11-28(4)12-20-32)24-22-30-15-7-26(2)8-16-30;1-23-5-13-27(14-6-23)21-31(29-17-9-25(3)10-18-29,30-19-11-26(4)12-20-30)22-28-15-7-24(2)8-16-28;1-23-5-13-27(14-6-23)21-22-31(28-15-7-24(2)8-16-28,29-17-9-25(3)10-18-29)30-19-11-26(4)12-20-30/h4-18H,19-21H2,1-3H3;5-20H,21-24H2,1-4H3;2*5-20H,21-22H2,1-4H3. The van der Waals surface area contributed by atoms with Gasteiger partial charge in [-0.05, 0) is 293 Å². The van der Waals surface area contributed by atoms with E-state index >= 15 is 0 Å². The van der Waals surface area contributed by atoms with Crippen LogP contribution in [0.15, 0.2) is 382 Å². The molecule has 0 N–H and O–H groups in total. The van der Waals surface area contributed by atoms with E-state index in [0.29, 0.717) is 33.4 Å². The van der Waals surface area contributed by atoms with Crippen molar-refractivity contribution < 1.29 is 28.6 Å². The van der Waals surface area contributed by atoms with E-state index in [2.05, 4.69) is 374 Å². The fraction of sp³-hybridized carbons (Fsp3) is 0.227. The van der Waals surface area contributed by atoms with Crippen LogP contribution >= 0.6 is 0 Å². The molecule has 0 fully saturated rings. The van der Waals surface area contributed by atoms with Gasteiger partial charge in [-0.2, -0.15) is 0 Å². The van der Waals surface area contributed by atoms with Crippen LogP contribution in [0, 0.1) is 104 Å². The van der Waals surface area contributed by atoms with Crippen LogP contribution in [-0.4, -0.2) is 17.9 Å². The van der Waals surface area contributed by atoms with Gasteiger partial charge in [0.15, 0.2) is 0 Å². The van der Waals surface area contributed by atoms with Crippen molar-refractivity contribution in [2.24, 2.45) is 0 Å². The zero-order chi connectivity index (χ0) is 94.7. The van der Waals surface area contributed by atoms with Crippen LogP contribution in [0.2, 0.25) is 0 Å². The maximum Gasteiger partial charge on any atom is 0.338 e. The smallest absolute Gasteiger partial charge is 0.338 e. The number of rotatable bonds is 29. The van der Waals surface area contributed by atoms with Crippen LogP contribution in [0.4, 0.5) is 0 Å². The zero-order valence-electron chi connectivity index (χ0n) is 81.1. The minimum atomic E-state index is -0.446. The van der Waals surface area contributed by atoms with E-state index in [1.165, 1.54) is 134 Å². The molecule has 0 atom stereocenters. The van der Waals surface area contributed by atoms with Gasteiger partial charge in [-0.25, -0.2) is 14.4 Å².